The lowest BCUT2D eigenvalue weighted by molar-refractivity contribution is -0.122. The van der Waals surface area contributed by atoms with E-state index in [9.17, 15) is 13.2 Å². The molecule has 1 N–H and O–H groups in total. The lowest BCUT2D eigenvalue weighted by Gasteiger charge is -2.12. The highest BCUT2D eigenvalue weighted by atomic mass is 32.2. The molecule has 0 aliphatic carbocycles. The fourth-order valence-corrected chi connectivity index (χ4v) is 3.64. The zero-order valence-corrected chi connectivity index (χ0v) is 15.1. The van der Waals surface area contributed by atoms with Crippen LogP contribution in [-0.2, 0) is 27.9 Å². The number of benzene rings is 1. The molecule has 0 fully saturated rings. The number of hydrogen-bond acceptors (Lipinski definition) is 4. The normalized spacial score (nSPS) is 11.7. The molecule has 7 nitrogen and oxygen atoms in total. The molecule has 1 amide bonds. The second kappa shape index (κ2) is 7.14. The molecule has 0 bridgehead atoms. The van der Waals surface area contributed by atoms with Crippen LogP contribution in [-0.4, -0.2) is 42.5 Å². The van der Waals surface area contributed by atoms with Crippen molar-refractivity contribution in [1.29, 1.82) is 0 Å². The average molecular weight is 350 g/mol. The predicted octanol–water partition coefficient (Wildman–Crippen LogP) is 1.07. The van der Waals surface area contributed by atoms with Crippen molar-refractivity contribution in [1.82, 2.24) is 19.4 Å². The zero-order valence-electron chi connectivity index (χ0n) is 14.3. The summed E-state index contributed by atoms with van der Waals surface area (Å²) in [5.74, 6) is -0.224. The van der Waals surface area contributed by atoms with Crippen LogP contribution < -0.4 is 5.32 Å². The van der Waals surface area contributed by atoms with E-state index in [1.807, 2.05) is 30.3 Å². The summed E-state index contributed by atoms with van der Waals surface area (Å²) in [7, 11) is -0.649. The quantitative estimate of drug-likeness (QED) is 0.844. The van der Waals surface area contributed by atoms with E-state index in [0.717, 1.165) is 9.87 Å². The van der Waals surface area contributed by atoms with Gasteiger partial charge in [-0.3, -0.25) is 9.48 Å². The van der Waals surface area contributed by atoms with Crippen LogP contribution in [0.5, 0.6) is 0 Å². The standard InChI is InChI=1S/C16H22N4O3S/c1-12-16(24(22,23)19(3)4)13(2)20(18-12)11-15(21)17-10-14-8-6-5-7-9-14/h5-9H,10-11H2,1-4H3,(H,17,21). The van der Waals surface area contributed by atoms with Gasteiger partial charge in [-0.2, -0.15) is 5.10 Å². The Hall–Kier alpha value is -2.19. The first-order chi connectivity index (χ1) is 11.2. The molecule has 0 unspecified atom stereocenters. The van der Waals surface area contributed by atoms with Crippen LogP contribution >= 0.6 is 0 Å². The number of carbonyl (C=O) groups is 1. The molecule has 2 rings (SSSR count). The maximum Gasteiger partial charge on any atom is 0.246 e. The molecule has 0 aliphatic heterocycles. The van der Waals surface area contributed by atoms with Gasteiger partial charge in [0.1, 0.15) is 11.4 Å². The third-order valence-corrected chi connectivity index (χ3v) is 5.75. The summed E-state index contributed by atoms with van der Waals surface area (Å²) in [4.78, 5) is 12.3. The molecule has 0 spiro atoms. The summed E-state index contributed by atoms with van der Waals surface area (Å²) in [5, 5.41) is 7.01. The van der Waals surface area contributed by atoms with Gasteiger partial charge in [0.25, 0.3) is 0 Å². The van der Waals surface area contributed by atoms with Crippen LogP contribution in [0.1, 0.15) is 17.0 Å². The monoisotopic (exact) mass is 350 g/mol. The van der Waals surface area contributed by atoms with Crippen molar-refractivity contribution in [2.45, 2.75) is 31.8 Å². The Kier molecular flexibility index (Phi) is 5.40. The van der Waals surface area contributed by atoms with Crippen molar-refractivity contribution in [2.75, 3.05) is 14.1 Å². The minimum Gasteiger partial charge on any atom is -0.350 e. The summed E-state index contributed by atoms with van der Waals surface area (Å²) in [6.07, 6.45) is 0. The first-order valence-corrected chi connectivity index (χ1v) is 8.94. The van der Waals surface area contributed by atoms with Gasteiger partial charge in [-0.25, -0.2) is 12.7 Å². The maximum atomic E-state index is 12.4. The van der Waals surface area contributed by atoms with Crippen LogP contribution in [0.15, 0.2) is 35.2 Å². The number of nitrogens with one attached hydrogen (secondary N) is 1. The van der Waals surface area contributed by atoms with E-state index in [2.05, 4.69) is 10.4 Å². The smallest absolute Gasteiger partial charge is 0.246 e. The number of amides is 1. The third-order valence-electron chi connectivity index (χ3n) is 3.68. The predicted molar refractivity (Wildman–Crippen MR) is 90.9 cm³/mol. The van der Waals surface area contributed by atoms with Gasteiger partial charge >= 0.3 is 0 Å². The molecule has 0 saturated carbocycles. The molecule has 24 heavy (non-hydrogen) atoms. The lowest BCUT2D eigenvalue weighted by Crippen LogP contribution is -2.28. The Bertz CT molecular complexity index is 827. The molecule has 0 aliphatic rings. The van der Waals surface area contributed by atoms with Crippen molar-refractivity contribution in [3.8, 4) is 0 Å². The molecular weight excluding hydrogens is 328 g/mol. The number of aromatic nitrogens is 2. The second-order valence-electron chi connectivity index (χ2n) is 5.71. The summed E-state index contributed by atoms with van der Waals surface area (Å²) in [6.45, 7) is 3.67. The highest BCUT2D eigenvalue weighted by Gasteiger charge is 2.27. The molecule has 1 aromatic heterocycles. The largest absolute Gasteiger partial charge is 0.350 e. The van der Waals surface area contributed by atoms with Crippen molar-refractivity contribution in [2.24, 2.45) is 0 Å². The Balaban J connectivity index is 2.12. The minimum atomic E-state index is -3.59. The van der Waals surface area contributed by atoms with E-state index in [0.29, 0.717) is 17.9 Å². The Labute approximate surface area is 142 Å². The van der Waals surface area contributed by atoms with Gasteiger partial charge in [-0.1, -0.05) is 30.3 Å². The van der Waals surface area contributed by atoms with E-state index in [1.165, 1.54) is 18.8 Å². The lowest BCUT2D eigenvalue weighted by atomic mass is 10.2. The third kappa shape index (κ3) is 3.82. The van der Waals surface area contributed by atoms with E-state index in [4.69, 9.17) is 0 Å². The van der Waals surface area contributed by atoms with Crippen LogP contribution in [0.3, 0.4) is 0 Å². The second-order valence-corrected chi connectivity index (χ2v) is 7.80. The first kappa shape index (κ1) is 18.2. The van der Waals surface area contributed by atoms with Gasteiger partial charge in [0.2, 0.25) is 15.9 Å². The fraction of sp³-hybridized carbons (Fsp3) is 0.375. The summed E-state index contributed by atoms with van der Waals surface area (Å²) in [5.41, 5.74) is 1.84. The van der Waals surface area contributed by atoms with E-state index < -0.39 is 10.0 Å². The maximum absolute atomic E-state index is 12.4. The molecule has 0 saturated heterocycles. The van der Waals surface area contributed by atoms with Gasteiger partial charge < -0.3 is 5.32 Å². The highest BCUT2D eigenvalue weighted by molar-refractivity contribution is 7.89. The van der Waals surface area contributed by atoms with Gasteiger partial charge in [0.15, 0.2) is 0 Å². The average Bonchev–Trinajstić information content (AvgIpc) is 2.80. The van der Waals surface area contributed by atoms with E-state index in [-0.39, 0.29) is 17.3 Å². The Morgan fingerprint density at radius 1 is 1.21 bits per heavy atom. The number of nitrogens with zero attached hydrogens (tertiary/aromatic N) is 3. The van der Waals surface area contributed by atoms with Gasteiger partial charge in [-0.05, 0) is 19.4 Å². The molecule has 0 atom stereocenters. The van der Waals surface area contributed by atoms with Crippen LogP contribution in [0, 0.1) is 13.8 Å². The van der Waals surface area contributed by atoms with Crippen LogP contribution in [0.2, 0.25) is 0 Å². The van der Waals surface area contributed by atoms with Crippen LogP contribution in [0.4, 0.5) is 0 Å². The number of rotatable bonds is 6. The van der Waals surface area contributed by atoms with Crippen molar-refractivity contribution in [3.63, 3.8) is 0 Å². The summed E-state index contributed by atoms with van der Waals surface area (Å²) >= 11 is 0. The minimum absolute atomic E-state index is 0.0253. The molecule has 0 radical (unpaired) electrons. The molecule has 130 valence electrons. The van der Waals surface area contributed by atoms with Crippen molar-refractivity contribution in [3.05, 3.63) is 47.3 Å². The topological polar surface area (TPSA) is 84.3 Å². The zero-order chi connectivity index (χ0) is 17.9. The van der Waals surface area contributed by atoms with Gasteiger partial charge in [0, 0.05) is 20.6 Å². The number of sulfonamides is 1. The van der Waals surface area contributed by atoms with Crippen molar-refractivity contribution >= 4 is 15.9 Å². The summed E-state index contributed by atoms with van der Waals surface area (Å²) in [6, 6.07) is 9.56. The fourth-order valence-electron chi connectivity index (χ4n) is 2.38. The molecule has 8 heteroatoms. The first-order valence-electron chi connectivity index (χ1n) is 7.50. The number of carbonyl (C=O) groups excluding carboxylic acids is 1. The highest BCUT2D eigenvalue weighted by Crippen LogP contribution is 2.21. The Morgan fingerprint density at radius 3 is 2.42 bits per heavy atom. The SMILES string of the molecule is Cc1nn(CC(=O)NCc2ccccc2)c(C)c1S(=O)(=O)N(C)C. The molecule has 1 aromatic carbocycles. The number of hydrogen-bond donors (Lipinski definition) is 1. The molecule has 2 aromatic rings. The van der Waals surface area contributed by atoms with Gasteiger partial charge in [-0.15, -0.1) is 0 Å². The van der Waals surface area contributed by atoms with Gasteiger partial charge in [0.05, 0.1) is 11.4 Å². The summed E-state index contributed by atoms with van der Waals surface area (Å²) < 4.78 is 27.3. The molecule has 1 heterocycles. The Morgan fingerprint density at radius 2 is 1.83 bits per heavy atom. The van der Waals surface area contributed by atoms with Crippen LogP contribution in [0.25, 0.3) is 0 Å². The van der Waals surface area contributed by atoms with E-state index in [1.54, 1.807) is 13.8 Å². The molecular formula is C16H22N4O3S. The van der Waals surface area contributed by atoms with Crippen molar-refractivity contribution < 1.29 is 13.2 Å². The number of aryl methyl sites for hydroxylation is 1. The van der Waals surface area contributed by atoms with E-state index >= 15 is 0 Å².